The van der Waals surface area contributed by atoms with E-state index in [2.05, 4.69) is 26.2 Å². The lowest BCUT2D eigenvalue weighted by Gasteiger charge is -2.35. The Morgan fingerprint density at radius 2 is 2.00 bits per heavy atom. The topological polar surface area (TPSA) is 50.9 Å². The van der Waals surface area contributed by atoms with Crippen LogP contribution >= 0.6 is 15.9 Å². The minimum atomic E-state index is -4.47. The Kier molecular flexibility index (Phi) is 4.84. The van der Waals surface area contributed by atoms with Gasteiger partial charge in [0.25, 0.3) is 0 Å². The molecule has 0 radical (unpaired) electrons. The number of nitrogens with two attached hydrogens (primary N) is 1. The van der Waals surface area contributed by atoms with E-state index in [1.54, 1.807) is 6.92 Å². The highest BCUT2D eigenvalue weighted by Crippen LogP contribution is 2.36. The van der Waals surface area contributed by atoms with Crippen molar-refractivity contribution in [1.29, 1.82) is 0 Å². The first kappa shape index (κ1) is 16.2. The molecule has 0 fully saturated rings. The molecule has 1 unspecified atom stereocenters. The van der Waals surface area contributed by atoms with Gasteiger partial charge in [-0.1, -0.05) is 13.8 Å². The van der Waals surface area contributed by atoms with Crippen LogP contribution in [-0.2, 0) is 6.18 Å². The maximum absolute atomic E-state index is 13.0. The van der Waals surface area contributed by atoms with Crippen LogP contribution in [0.15, 0.2) is 16.7 Å². The third kappa shape index (κ3) is 3.82. The van der Waals surface area contributed by atoms with Gasteiger partial charge in [-0.05, 0) is 34.8 Å². The van der Waals surface area contributed by atoms with Gasteiger partial charge < -0.3 is 11.1 Å². The predicted molar refractivity (Wildman–Crippen MR) is 72.9 cm³/mol. The number of alkyl halides is 3. The molecule has 0 aromatic carbocycles. The van der Waals surface area contributed by atoms with Crippen molar-refractivity contribution in [3.05, 3.63) is 22.3 Å². The average molecular weight is 340 g/mol. The van der Waals surface area contributed by atoms with Crippen molar-refractivity contribution in [3.63, 3.8) is 0 Å². The second-order valence-electron chi connectivity index (χ2n) is 4.95. The normalized spacial score (nSPS) is 15.4. The van der Waals surface area contributed by atoms with Crippen molar-refractivity contribution in [1.82, 2.24) is 4.98 Å². The summed E-state index contributed by atoms with van der Waals surface area (Å²) >= 11 is 3.00. The van der Waals surface area contributed by atoms with Crippen molar-refractivity contribution in [2.75, 3.05) is 11.9 Å². The Labute approximate surface area is 118 Å². The van der Waals surface area contributed by atoms with E-state index in [-0.39, 0.29) is 22.8 Å². The molecular weight excluding hydrogens is 323 g/mol. The molecule has 0 amide bonds. The average Bonchev–Trinajstić information content (AvgIpc) is 2.29. The maximum Gasteiger partial charge on any atom is 0.419 e. The van der Waals surface area contributed by atoms with E-state index < -0.39 is 17.3 Å². The molecule has 1 atom stereocenters. The molecule has 1 heterocycles. The molecular formula is C12H17BrF3N3. The number of anilines is 1. The van der Waals surface area contributed by atoms with E-state index in [1.165, 1.54) is 6.20 Å². The van der Waals surface area contributed by atoms with Gasteiger partial charge in [-0.3, -0.25) is 0 Å². The molecule has 1 rings (SSSR count). The van der Waals surface area contributed by atoms with Crippen LogP contribution in [0.3, 0.4) is 0 Å². The van der Waals surface area contributed by atoms with Gasteiger partial charge in [0.05, 0.1) is 11.1 Å². The van der Waals surface area contributed by atoms with Gasteiger partial charge in [-0.15, -0.1) is 0 Å². The Balaban J connectivity index is 3.21. The fourth-order valence-electron chi connectivity index (χ4n) is 1.46. The number of nitrogens with one attached hydrogen (secondary N) is 1. The zero-order valence-electron chi connectivity index (χ0n) is 11.0. The van der Waals surface area contributed by atoms with E-state index in [1.807, 2.05) is 13.8 Å². The van der Waals surface area contributed by atoms with Crippen molar-refractivity contribution < 1.29 is 13.2 Å². The number of hydrogen-bond donors (Lipinski definition) is 2. The molecule has 3 N–H and O–H groups in total. The fourth-order valence-corrected chi connectivity index (χ4v) is 1.79. The number of pyridine rings is 1. The van der Waals surface area contributed by atoms with E-state index in [0.29, 0.717) is 0 Å². The molecule has 0 aliphatic carbocycles. The maximum atomic E-state index is 13.0. The van der Waals surface area contributed by atoms with Crippen LogP contribution in [0.25, 0.3) is 0 Å². The number of rotatable bonds is 4. The summed E-state index contributed by atoms with van der Waals surface area (Å²) in [6.07, 6.45) is -3.14. The van der Waals surface area contributed by atoms with Crippen LogP contribution in [0, 0.1) is 5.92 Å². The van der Waals surface area contributed by atoms with Gasteiger partial charge >= 0.3 is 6.18 Å². The Hall–Kier alpha value is -0.820. The lowest BCUT2D eigenvalue weighted by atomic mass is 9.88. The van der Waals surface area contributed by atoms with Gasteiger partial charge in [-0.25, -0.2) is 4.98 Å². The molecule has 1 aromatic rings. The standard InChI is InChI=1S/C12H17BrF3N3/c1-7(2)11(3,6-17)19-10-9(12(14,15)16)4-8(13)5-18-10/h4-5,7H,6,17H2,1-3H3,(H,18,19). The number of hydrogen-bond acceptors (Lipinski definition) is 3. The molecule has 0 aliphatic heterocycles. The van der Waals surface area contributed by atoms with Crippen molar-refractivity contribution in [2.45, 2.75) is 32.5 Å². The van der Waals surface area contributed by atoms with Crippen LogP contribution in [0.4, 0.5) is 19.0 Å². The first-order valence-electron chi connectivity index (χ1n) is 5.81. The van der Waals surface area contributed by atoms with E-state index in [0.717, 1.165) is 6.07 Å². The lowest BCUT2D eigenvalue weighted by molar-refractivity contribution is -0.137. The van der Waals surface area contributed by atoms with Gasteiger partial charge in [-0.2, -0.15) is 13.2 Å². The molecule has 0 spiro atoms. The number of halogens is 4. The van der Waals surface area contributed by atoms with E-state index >= 15 is 0 Å². The van der Waals surface area contributed by atoms with Crippen molar-refractivity contribution >= 4 is 21.7 Å². The highest BCUT2D eigenvalue weighted by Gasteiger charge is 2.37. The summed E-state index contributed by atoms with van der Waals surface area (Å²) in [7, 11) is 0. The van der Waals surface area contributed by atoms with E-state index in [9.17, 15) is 13.2 Å². The molecule has 7 heteroatoms. The third-order valence-corrected chi connectivity index (χ3v) is 3.70. The number of nitrogens with zero attached hydrogens (tertiary/aromatic N) is 1. The van der Waals surface area contributed by atoms with Gasteiger partial charge in [0, 0.05) is 17.2 Å². The van der Waals surface area contributed by atoms with Crippen LogP contribution in [0.1, 0.15) is 26.3 Å². The van der Waals surface area contributed by atoms with Crippen LogP contribution in [0.2, 0.25) is 0 Å². The van der Waals surface area contributed by atoms with Crippen LogP contribution in [-0.4, -0.2) is 17.1 Å². The van der Waals surface area contributed by atoms with Gasteiger partial charge in [0.15, 0.2) is 0 Å². The van der Waals surface area contributed by atoms with E-state index in [4.69, 9.17) is 5.73 Å². The summed E-state index contributed by atoms with van der Waals surface area (Å²) < 4.78 is 39.2. The number of aromatic nitrogens is 1. The van der Waals surface area contributed by atoms with Gasteiger partial charge in [0.2, 0.25) is 0 Å². The summed E-state index contributed by atoms with van der Waals surface area (Å²) in [5, 5.41) is 2.83. The Bertz CT molecular complexity index is 448. The quantitative estimate of drug-likeness (QED) is 0.880. The predicted octanol–water partition coefficient (Wildman–Crippen LogP) is 3.65. The second-order valence-corrected chi connectivity index (χ2v) is 5.86. The molecule has 0 saturated carbocycles. The SMILES string of the molecule is CC(C)C(C)(CN)Nc1ncc(Br)cc1C(F)(F)F. The zero-order valence-corrected chi connectivity index (χ0v) is 12.6. The fraction of sp³-hybridized carbons (Fsp3) is 0.583. The minimum absolute atomic E-state index is 0.0593. The monoisotopic (exact) mass is 339 g/mol. The molecule has 0 bridgehead atoms. The molecule has 19 heavy (non-hydrogen) atoms. The summed E-state index contributed by atoms with van der Waals surface area (Å²) in [6.45, 7) is 5.78. The van der Waals surface area contributed by atoms with Crippen molar-refractivity contribution in [3.8, 4) is 0 Å². The molecule has 1 aromatic heterocycles. The zero-order chi connectivity index (χ0) is 14.8. The molecule has 0 aliphatic rings. The molecule has 3 nitrogen and oxygen atoms in total. The van der Waals surface area contributed by atoms with Gasteiger partial charge in [0.1, 0.15) is 5.82 Å². The Morgan fingerprint density at radius 3 is 2.42 bits per heavy atom. The highest BCUT2D eigenvalue weighted by atomic mass is 79.9. The lowest BCUT2D eigenvalue weighted by Crippen LogP contribution is -2.47. The first-order chi connectivity index (χ1) is 8.60. The third-order valence-electron chi connectivity index (χ3n) is 3.26. The van der Waals surface area contributed by atoms with Crippen LogP contribution in [0.5, 0.6) is 0 Å². The first-order valence-corrected chi connectivity index (χ1v) is 6.60. The Morgan fingerprint density at radius 1 is 1.42 bits per heavy atom. The summed E-state index contributed by atoms with van der Waals surface area (Å²) in [5.74, 6) is -0.138. The minimum Gasteiger partial charge on any atom is -0.363 e. The largest absolute Gasteiger partial charge is 0.419 e. The smallest absolute Gasteiger partial charge is 0.363 e. The summed E-state index contributed by atoms with van der Waals surface area (Å²) in [4.78, 5) is 3.83. The summed E-state index contributed by atoms with van der Waals surface area (Å²) in [6, 6.07) is 1.01. The molecule has 108 valence electrons. The summed E-state index contributed by atoms with van der Waals surface area (Å²) in [5.41, 5.74) is 4.21. The molecule has 0 saturated heterocycles. The van der Waals surface area contributed by atoms with Crippen LogP contribution < -0.4 is 11.1 Å². The second kappa shape index (κ2) is 5.66. The highest BCUT2D eigenvalue weighted by molar-refractivity contribution is 9.10. The van der Waals surface area contributed by atoms with Crippen molar-refractivity contribution in [2.24, 2.45) is 11.7 Å².